The van der Waals surface area contributed by atoms with Gasteiger partial charge < -0.3 is 9.47 Å². The van der Waals surface area contributed by atoms with E-state index in [-0.39, 0.29) is 24.7 Å². The Balaban J connectivity index is 1.26. The zero-order chi connectivity index (χ0) is 26.5. The van der Waals surface area contributed by atoms with Crippen molar-refractivity contribution in [2.45, 2.75) is 13.1 Å². The molecule has 5 aromatic rings. The standard InChI is InChI=1S/C28H24N6O4/c1-37-23-10-6-19(7-11-23)27(35)17-33-15-25(29-31-33)21-4-3-5-22(14-21)26-16-34(32-30-26)18-28(36)20-8-12-24(38-2)13-9-20/h3-16H,17-18H2,1-2H3. The monoisotopic (exact) mass is 508 g/mol. The molecule has 0 unspecified atom stereocenters. The Morgan fingerprint density at radius 3 is 1.47 bits per heavy atom. The van der Waals surface area contributed by atoms with Gasteiger partial charge in [0.15, 0.2) is 11.6 Å². The van der Waals surface area contributed by atoms with Crippen LogP contribution in [-0.4, -0.2) is 55.8 Å². The zero-order valence-electron chi connectivity index (χ0n) is 20.8. The van der Waals surface area contributed by atoms with Crippen LogP contribution in [0.1, 0.15) is 20.7 Å². The topological polar surface area (TPSA) is 114 Å². The van der Waals surface area contributed by atoms with Crippen LogP contribution in [-0.2, 0) is 13.1 Å². The van der Waals surface area contributed by atoms with E-state index in [2.05, 4.69) is 20.6 Å². The molecule has 0 spiro atoms. The predicted octanol–water partition coefficient (Wildman–Crippen LogP) is 3.99. The van der Waals surface area contributed by atoms with Crippen LogP contribution in [0.15, 0.2) is 85.2 Å². The number of ketones is 2. The molecule has 0 aliphatic carbocycles. The molecule has 0 N–H and O–H groups in total. The first-order valence-electron chi connectivity index (χ1n) is 11.8. The van der Waals surface area contributed by atoms with Gasteiger partial charge in [-0.3, -0.25) is 9.59 Å². The molecule has 5 rings (SSSR count). The smallest absolute Gasteiger partial charge is 0.184 e. The summed E-state index contributed by atoms with van der Waals surface area (Å²) in [4.78, 5) is 25.2. The van der Waals surface area contributed by atoms with E-state index in [4.69, 9.17) is 9.47 Å². The minimum atomic E-state index is -0.0846. The second-order valence-corrected chi connectivity index (χ2v) is 8.49. The Labute approximate surface area is 218 Å². The van der Waals surface area contributed by atoms with Crippen molar-refractivity contribution in [3.8, 4) is 34.0 Å². The van der Waals surface area contributed by atoms with Gasteiger partial charge in [0, 0.05) is 22.3 Å². The lowest BCUT2D eigenvalue weighted by Crippen LogP contribution is -2.11. The summed E-state index contributed by atoms with van der Waals surface area (Å²) in [5.41, 5.74) is 4.01. The van der Waals surface area contributed by atoms with Crippen molar-refractivity contribution >= 4 is 11.6 Å². The molecule has 2 aromatic heterocycles. The number of ether oxygens (including phenoxy) is 2. The summed E-state index contributed by atoms with van der Waals surface area (Å²) in [5.74, 6) is 1.21. The third-order valence-corrected chi connectivity index (χ3v) is 5.97. The zero-order valence-corrected chi connectivity index (χ0v) is 20.8. The van der Waals surface area contributed by atoms with Crippen molar-refractivity contribution in [2.75, 3.05) is 14.2 Å². The second-order valence-electron chi connectivity index (χ2n) is 8.49. The summed E-state index contributed by atoms with van der Waals surface area (Å²) in [7, 11) is 3.16. The van der Waals surface area contributed by atoms with Crippen molar-refractivity contribution in [3.63, 3.8) is 0 Å². The highest BCUT2D eigenvalue weighted by Crippen LogP contribution is 2.24. The summed E-state index contributed by atoms with van der Waals surface area (Å²) in [5, 5.41) is 16.7. The molecule has 0 radical (unpaired) electrons. The Morgan fingerprint density at radius 2 is 1.08 bits per heavy atom. The third kappa shape index (κ3) is 5.49. The minimum absolute atomic E-state index is 0.0650. The highest BCUT2D eigenvalue weighted by atomic mass is 16.5. The van der Waals surface area contributed by atoms with Crippen molar-refractivity contribution in [1.29, 1.82) is 0 Å². The van der Waals surface area contributed by atoms with Crippen molar-refractivity contribution in [3.05, 3.63) is 96.3 Å². The van der Waals surface area contributed by atoms with Crippen LogP contribution in [0.2, 0.25) is 0 Å². The number of methoxy groups -OCH3 is 2. The summed E-state index contributed by atoms with van der Waals surface area (Å²) in [6, 6.07) is 21.5. The number of carbonyl (C=O) groups is 2. The van der Waals surface area contributed by atoms with E-state index in [1.807, 2.05) is 24.3 Å². The first-order valence-corrected chi connectivity index (χ1v) is 11.8. The normalized spacial score (nSPS) is 10.8. The number of hydrogen-bond donors (Lipinski definition) is 0. The minimum Gasteiger partial charge on any atom is -0.497 e. The Morgan fingerprint density at radius 1 is 0.658 bits per heavy atom. The first-order chi connectivity index (χ1) is 18.5. The van der Waals surface area contributed by atoms with Crippen molar-refractivity contribution in [2.24, 2.45) is 0 Å². The molecule has 0 fully saturated rings. The van der Waals surface area contributed by atoms with Gasteiger partial charge in [0.2, 0.25) is 0 Å². The number of hydrogen-bond acceptors (Lipinski definition) is 8. The molecule has 190 valence electrons. The summed E-state index contributed by atoms with van der Waals surface area (Å²) in [6.45, 7) is 0.130. The van der Waals surface area contributed by atoms with Crippen LogP contribution in [0, 0.1) is 0 Å². The van der Waals surface area contributed by atoms with E-state index in [9.17, 15) is 9.59 Å². The molecule has 10 nitrogen and oxygen atoms in total. The molecule has 10 heteroatoms. The van der Waals surface area contributed by atoms with E-state index in [1.54, 1.807) is 75.1 Å². The number of rotatable bonds is 10. The van der Waals surface area contributed by atoms with Gasteiger partial charge in [-0.25, -0.2) is 9.36 Å². The highest BCUT2D eigenvalue weighted by molar-refractivity contribution is 5.96. The van der Waals surface area contributed by atoms with Crippen LogP contribution in [0.3, 0.4) is 0 Å². The molecule has 0 aliphatic heterocycles. The van der Waals surface area contributed by atoms with Gasteiger partial charge in [0.05, 0.1) is 26.6 Å². The number of benzene rings is 3. The van der Waals surface area contributed by atoms with Crippen molar-refractivity contribution < 1.29 is 19.1 Å². The molecule has 3 aromatic carbocycles. The van der Waals surface area contributed by atoms with E-state index in [1.165, 1.54) is 9.36 Å². The van der Waals surface area contributed by atoms with Crippen LogP contribution >= 0.6 is 0 Å². The van der Waals surface area contributed by atoms with Gasteiger partial charge in [-0.1, -0.05) is 28.6 Å². The molecule has 0 atom stereocenters. The fourth-order valence-corrected chi connectivity index (χ4v) is 3.88. The number of nitrogens with zero attached hydrogens (tertiary/aromatic N) is 6. The van der Waals surface area contributed by atoms with E-state index in [0.29, 0.717) is 34.0 Å². The molecule has 0 amide bonds. The molecule has 0 saturated heterocycles. The van der Waals surface area contributed by atoms with Gasteiger partial charge >= 0.3 is 0 Å². The van der Waals surface area contributed by atoms with Crippen LogP contribution in [0.25, 0.3) is 22.5 Å². The number of aromatic nitrogens is 6. The largest absolute Gasteiger partial charge is 0.497 e. The fourth-order valence-electron chi connectivity index (χ4n) is 3.88. The van der Waals surface area contributed by atoms with E-state index in [0.717, 1.165) is 11.1 Å². The van der Waals surface area contributed by atoms with E-state index < -0.39 is 0 Å². The maximum Gasteiger partial charge on any atom is 0.184 e. The first kappa shape index (κ1) is 24.6. The summed E-state index contributed by atoms with van der Waals surface area (Å²) < 4.78 is 13.3. The molecule has 0 bridgehead atoms. The summed E-state index contributed by atoms with van der Waals surface area (Å²) >= 11 is 0. The van der Waals surface area contributed by atoms with Gasteiger partial charge in [0.25, 0.3) is 0 Å². The van der Waals surface area contributed by atoms with Gasteiger partial charge in [0.1, 0.15) is 36.0 Å². The van der Waals surface area contributed by atoms with Crippen molar-refractivity contribution in [1.82, 2.24) is 30.0 Å². The predicted molar refractivity (Wildman–Crippen MR) is 139 cm³/mol. The van der Waals surface area contributed by atoms with Gasteiger partial charge in [-0.05, 0) is 54.6 Å². The molecule has 2 heterocycles. The third-order valence-electron chi connectivity index (χ3n) is 5.97. The van der Waals surface area contributed by atoms with Gasteiger partial charge in [-0.15, -0.1) is 10.2 Å². The van der Waals surface area contributed by atoms with E-state index >= 15 is 0 Å². The average Bonchev–Trinajstić information content (AvgIpc) is 3.63. The molecule has 0 aliphatic rings. The molecule has 38 heavy (non-hydrogen) atoms. The Kier molecular flexibility index (Phi) is 7.03. The maximum atomic E-state index is 12.6. The summed E-state index contributed by atoms with van der Waals surface area (Å²) in [6.07, 6.45) is 3.45. The van der Waals surface area contributed by atoms with Crippen LogP contribution in [0.4, 0.5) is 0 Å². The highest BCUT2D eigenvalue weighted by Gasteiger charge is 2.13. The fraction of sp³-hybridized carbons (Fsp3) is 0.143. The Bertz CT molecular complexity index is 1460. The van der Waals surface area contributed by atoms with Crippen LogP contribution in [0.5, 0.6) is 11.5 Å². The molecular weight excluding hydrogens is 484 g/mol. The second kappa shape index (κ2) is 10.9. The Hall–Kier alpha value is -5.12. The quantitative estimate of drug-likeness (QED) is 0.260. The lowest BCUT2D eigenvalue weighted by atomic mass is 10.1. The lowest BCUT2D eigenvalue weighted by molar-refractivity contribution is 0.0958. The van der Waals surface area contributed by atoms with Gasteiger partial charge in [-0.2, -0.15) is 0 Å². The van der Waals surface area contributed by atoms with Crippen LogP contribution < -0.4 is 9.47 Å². The average molecular weight is 509 g/mol. The maximum absolute atomic E-state index is 12.6. The number of carbonyl (C=O) groups excluding carboxylic acids is 2. The number of Topliss-reactive ketones (excluding diaryl/α,β-unsaturated/α-hetero) is 2. The SMILES string of the molecule is COc1ccc(C(=O)Cn2cc(-c3cccc(-c4cn(CC(=O)c5ccc(OC)cc5)nn4)c3)nn2)cc1. The molecular formula is C28H24N6O4. The molecule has 0 saturated carbocycles. The lowest BCUT2D eigenvalue weighted by Gasteiger charge is -2.03.